The maximum absolute atomic E-state index is 11.1. The topological polar surface area (TPSA) is 84.3 Å². The SMILES string of the molecule is O=C(O)c1ccncc1NCCCOc1ccc2ccncc2c1. The second-order valence-corrected chi connectivity index (χ2v) is 5.24. The monoisotopic (exact) mass is 323 g/mol. The standard InChI is InChI=1S/C18H17N3O3/c22-18(23)16-5-8-20-12-17(16)21-6-1-9-24-15-3-2-13-4-7-19-11-14(13)10-15/h2-5,7-8,10-12,21H,1,6,9H2,(H,22,23). The van der Waals surface area contributed by atoms with Crippen LogP contribution >= 0.6 is 0 Å². The van der Waals surface area contributed by atoms with Crippen LogP contribution in [0.4, 0.5) is 5.69 Å². The number of benzene rings is 1. The molecule has 2 heterocycles. The highest BCUT2D eigenvalue weighted by atomic mass is 16.5. The number of hydrogen-bond donors (Lipinski definition) is 2. The second kappa shape index (κ2) is 7.41. The molecule has 6 nitrogen and oxygen atoms in total. The Kier molecular flexibility index (Phi) is 4.86. The van der Waals surface area contributed by atoms with Crippen LogP contribution in [-0.2, 0) is 0 Å². The maximum atomic E-state index is 11.1. The van der Waals surface area contributed by atoms with Gasteiger partial charge in [0.2, 0.25) is 0 Å². The fourth-order valence-corrected chi connectivity index (χ4v) is 2.36. The van der Waals surface area contributed by atoms with Crippen molar-refractivity contribution >= 4 is 22.4 Å². The van der Waals surface area contributed by atoms with E-state index in [9.17, 15) is 4.79 Å². The fraction of sp³-hybridized carbons (Fsp3) is 0.167. The molecule has 0 aliphatic heterocycles. The first kappa shape index (κ1) is 15.7. The van der Waals surface area contributed by atoms with Crippen molar-refractivity contribution in [3.05, 3.63) is 60.7 Å². The Morgan fingerprint density at radius 1 is 1.08 bits per heavy atom. The van der Waals surface area contributed by atoms with Gasteiger partial charge in [-0.15, -0.1) is 0 Å². The molecule has 2 aromatic heterocycles. The molecular formula is C18H17N3O3. The normalized spacial score (nSPS) is 10.5. The van der Waals surface area contributed by atoms with Crippen molar-refractivity contribution in [1.29, 1.82) is 0 Å². The third-order valence-electron chi connectivity index (χ3n) is 3.57. The molecular weight excluding hydrogens is 306 g/mol. The van der Waals surface area contributed by atoms with Gasteiger partial charge in [-0.3, -0.25) is 9.97 Å². The van der Waals surface area contributed by atoms with E-state index in [2.05, 4.69) is 15.3 Å². The summed E-state index contributed by atoms with van der Waals surface area (Å²) in [6, 6.07) is 9.32. The lowest BCUT2D eigenvalue weighted by Gasteiger charge is -2.10. The van der Waals surface area contributed by atoms with Crippen LogP contribution < -0.4 is 10.1 Å². The highest BCUT2D eigenvalue weighted by Gasteiger charge is 2.08. The van der Waals surface area contributed by atoms with Crippen LogP contribution in [0.1, 0.15) is 16.8 Å². The van der Waals surface area contributed by atoms with E-state index >= 15 is 0 Å². The molecule has 6 heteroatoms. The zero-order chi connectivity index (χ0) is 16.8. The van der Waals surface area contributed by atoms with Gasteiger partial charge in [-0.2, -0.15) is 0 Å². The number of pyridine rings is 2. The predicted molar refractivity (Wildman–Crippen MR) is 91.5 cm³/mol. The van der Waals surface area contributed by atoms with Crippen LogP contribution in [0.3, 0.4) is 0 Å². The lowest BCUT2D eigenvalue weighted by molar-refractivity contribution is 0.0698. The number of nitrogens with zero attached hydrogens (tertiary/aromatic N) is 2. The molecule has 122 valence electrons. The molecule has 1 aromatic carbocycles. The highest BCUT2D eigenvalue weighted by molar-refractivity contribution is 5.93. The molecule has 0 radical (unpaired) electrons. The number of aromatic carboxylic acids is 1. The van der Waals surface area contributed by atoms with Gasteiger partial charge in [0, 0.05) is 30.5 Å². The molecule has 0 aliphatic rings. The number of carboxylic acids is 1. The summed E-state index contributed by atoms with van der Waals surface area (Å²) in [6.45, 7) is 1.13. The first-order valence-electron chi connectivity index (χ1n) is 7.62. The number of ether oxygens (including phenoxy) is 1. The number of fused-ring (bicyclic) bond motifs is 1. The Morgan fingerprint density at radius 3 is 2.79 bits per heavy atom. The van der Waals surface area contributed by atoms with E-state index in [4.69, 9.17) is 9.84 Å². The van der Waals surface area contributed by atoms with Gasteiger partial charge in [0.25, 0.3) is 0 Å². The molecule has 0 aliphatic carbocycles. The number of carbonyl (C=O) groups is 1. The number of hydrogen-bond acceptors (Lipinski definition) is 5. The van der Waals surface area contributed by atoms with Crippen molar-refractivity contribution in [2.75, 3.05) is 18.5 Å². The van der Waals surface area contributed by atoms with E-state index in [1.165, 1.54) is 18.5 Å². The first-order valence-corrected chi connectivity index (χ1v) is 7.62. The lowest BCUT2D eigenvalue weighted by Crippen LogP contribution is -2.10. The molecule has 3 rings (SSSR count). The van der Waals surface area contributed by atoms with Crippen LogP contribution in [-0.4, -0.2) is 34.2 Å². The fourth-order valence-electron chi connectivity index (χ4n) is 2.36. The summed E-state index contributed by atoms with van der Waals surface area (Å²) in [5, 5.41) is 14.3. The number of aromatic nitrogens is 2. The van der Waals surface area contributed by atoms with Crippen LogP contribution in [0.2, 0.25) is 0 Å². The van der Waals surface area contributed by atoms with E-state index in [0.29, 0.717) is 18.8 Å². The highest BCUT2D eigenvalue weighted by Crippen LogP contribution is 2.20. The quantitative estimate of drug-likeness (QED) is 0.650. The molecule has 0 fully saturated rings. The largest absolute Gasteiger partial charge is 0.494 e. The number of anilines is 1. The van der Waals surface area contributed by atoms with E-state index < -0.39 is 5.97 Å². The molecule has 0 amide bonds. The van der Waals surface area contributed by atoms with Gasteiger partial charge in [-0.05, 0) is 36.1 Å². The average molecular weight is 323 g/mol. The zero-order valence-electron chi connectivity index (χ0n) is 13.0. The van der Waals surface area contributed by atoms with Crippen molar-refractivity contribution in [1.82, 2.24) is 9.97 Å². The van der Waals surface area contributed by atoms with Crippen LogP contribution in [0, 0.1) is 0 Å². The lowest BCUT2D eigenvalue weighted by atomic mass is 10.2. The summed E-state index contributed by atoms with van der Waals surface area (Å²) >= 11 is 0. The molecule has 0 atom stereocenters. The second-order valence-electron chi connectivity index (χ2n) is 5.24. The predicted octanol–water partition coefficient (Wildman–Crippen LogP) is 3.21. The summed E-state index contributed by atoms with van der Waals surface area (Å²) in [5.74, 6) is -0.177. The van der Waals surface area contributed by atoms with Gasteiger partial charge in [-0.1, -0.05) is 6.07 Å². The Morgan fingerprint density at radius 2 is 1.92 bits per heavy atom. The summed E-state index contributed by atoms with van der Waals surface area (Å²) in [4.78, 5) is 19.1. The first-order chi connectivity index (χ1) is 11.7. The van der Waals surface area contributed by atoms with Gasteiger partial charge in [0.05, 0.1) is 24.1 Å². The molecule has 0 saturated carbocycles. The van der Waals surface area contributed by atoms with E-state index in [1.807, 2.05) is 24.3 Å². The van der Waals surface area contributed by atoms with Crippen molar-refractivity contribution in [3.8, 4) is 5.75 Å². The molecule has 3 aromatic rings. The van der Waals surface area contributed by atoms with Gasteiger partial charge in [-0.25, -0.2) is 4.79 Å². The summed E-state index contributed by atoms with van der Waals surface area (Å²) in [5.41, 5.74) is 0.731. The number of rotatable bonds is 7. The Hall–Kier alpha value is -3.15. The molecule has 0 saturated heterocycles. The summed E-state index contributed by atoms with van der Waals surface area (Å²) < 4.78 is 5.73. The number of nitrogens with one attached hydrogen (secondary N) is 1. The minimum absolute atomic E-state index is 0.216. The Labute approximate surface area is 139 Å². The molecule has 24 heavy (non-hydrogen) atoms. The minimum Gasteiger partial charge on any atom is -0.494 e. The van der Waals surface area contributed by atoms with Crippen molar-refractivity contribution in [2.24, 2.45) is 0 Å². The maximum Gasteiger partial charge on any atom is 0.337 e. The summed E-state index contributed by atoms with van der Waals surface area (Å²) in [7, 11) is 0. The van der Waals surface area contributed by atoms with Crippen molar-refractivity contribution < 1.29 is 14.6 Å². The van der Waals surface area contributed by atoms with Gasteiger partial charge >= 0.3 is 5.97 Å². The van der Waals surface area contributed by atoms with E-state index in [0.717, 1.165) is 22.9 Å². The van der Waals surface area contributed by atoms with Crippen LogP contribution in [0.5, 0.6) is 5.75 Å². The molecule has 0 unspecified atom stereocenters. The van der Waals surface area contributed by atoms with Gasteiger partial charge < -0.3 is 15.2 Å². The van der Waals surface area contributed by atoms with Crippen molar-refractivity contribution in [3.63, 3.8) is 0 Å². The van der Waals surface area contributed by atoms with E-state index in [1.54, 1.807) is 12.4 Å². The summed E-state index contributed by atoms with van der Waals surface area (Å²) in [6.07, 6.45) is 7.28. The third kappa shape index (κ3) is 3.78. The Bertz CT molecular complexity index is 852. The van der Waals surface area contributed by atoms with Crippen LogP contribution in [0.25, 0.3) is 10.8 Å². The number of carboxylic acid groups (broad SMARTS) is 1. The van der Waals surface area contributed by atoms with Gasteiger partial charge in [0.15, 0.2) is 0 Å². The zero-order valence-corrected chi connectivity index (χ0v) is 13.0. The average Bonchev–Trinajstić information content (AvgIpc) is 2.61. The van der Waals surface area contributed by atoms with E-state index in [-0.39, 0.29) is 5.56 Å². The molecule has 2 N–H and O–H groups in total. The van der Waals surface area contributed by atoms with Gasteiger partial charge in [0.1, 0.15) is 5.75 Å². The van der Waals surface area contributed by atoms with Crippen LogP contribution in [0.15, 0.2) is 55.1 Å². The molecule has 0 bridgehead atoms. The molecule has 0 spiro atoms. The minimum atomic E-state index is -0.971. The van der Waals surface area contributed by atoms with Crippen molar-refractivity contribution in [2.45, 2.75) is 6.42 Å². The third-order valence-corrected chi connectivity index (χ3v) is 3.57. The smallest absolute Gasteiger partial charge is 0.337 e. The Balaban J connectivity index is 1.49.